The van der Waals surface area contributed by atoms with Crippen LogP contribution in [-0.4, -0.2) is 50.1 Å². The van der Waals surface area contributed by atoms with Crippen LogP contribution in [0.25, 0.3) is 22.0 Å². The highest BCUT2D eigenvalue weighted by atomic mass is 16.1. The molecule has 6 nitrogen and oxygen atoms in total. The Balaban J connectivity index is 1.42. The van der Waals surface area contributed by atoms with E-state index in [4.69, 9.17) is 0 Å². The zero-order valence-corrected chi connectivity index (χ0v) is 17.5. The molecule has 1 aliphatic heterocycles. The van der Waals surface area contributed by atoms with Crippen molar-refractivity contribution in [2.75, 3.05) is 19.6 Å². The van der Waals surface area contributed by atoms with E-state index in [2.05, 4.69) is 39.9 Å². The van der Waals surface area contributed by atoms with Gasteiger partial charge in [0.1, 0.15) is 11.6 Å². The third-order valence-electron chi connectivity index (χ3n) is 5.54. The third-order valence-corrected chi connectivity index (χ3v) is 5.54. The number of Topliss-reactive ketones (excluding diaryl/α,β-unsaturated/α-hetero) is 1. The summed E-state index contributed by atoms with van der Waals surface area (Å²) in [5, 5.41) is 5.22. The van der Waals surface area contributed by atoms with E-state index in [9.17, 15) is 4.79 Å². The highest BCUT2D eigenvalue weighted by Gasteiger charge is 2.25. The van der Waals surface area contributed by atoms with Crippen molar-refractivity contribution in [3.63, 3.8) is 0 Å². The van der Waals surface area contributed by atoms with Gasteiger partial charge >= 0.3 is 0 Å². The van der Waals surface area contributed by atoms with E-state index >= 15 is 0 Å². The summed E-state index contributed by atoms with van der Waals surface area (Å²) in [6.45, 7) is 7.76. The summed E-state index contributed by atoms with van der Waals surface area (Å²) >= 11 is 0. The van der Waals surface area contributed by atoms with Gasteiger partial charge in [0.25, 0.3) is 0 Å². The molecule has 0 bridgehead atoms. The Bertz CT molecular complexity index is 1010. The van der Waals surface area contributed by atoms with Crippen LogP contribution in [0, 0.1) is 11.8 Å². The Hall–Kier alpha value is -2.60. The number of carbonyl (C=O) groups is 1. The zero-order chi connectivity index (χ0) is 20.4. The average Bonchev–Trinajstić information content (AvgIpc) is 3.29. The molecular weight excluding hydrogens is 362 g/mol. The minimum absolute atomic E-state index is 0.240. The van der Waals surface area contributed by atoms with E-state index in [1.807, 2.05) is 37.8 Å². The lowest BCUT2D eigenvalue weighted by Gasteiger charge is -2.17. The third kappa shape index (κ3) is 4.88. The van der Waals surface area contributed by atoms with Gasteiger partial charge in [-0.15, -0.1) is 0 Å². The lowest BCUT2D eigenvalue weighted by Crippen LogP contribution is -2.25. The molecule has 0 aliphatic carbocycles. The topological polar surface area (TPSA) is 63.9 Å². The molecule has 0 N–H and O–H groups in total. The summed E-state index contributed by atoms with van der Waals surface area (Å²) in [6, 6.07) is 6.12. The van der Waals surface area contributed by atoms with Gasteiger partial charge in [-0.2, -0.15) is 5.10 Å². The Labute approximate surface area is 172 Å². The van der Waals surface area contributed by atoms with E-state index in [1.165, 1.54) is 0 Å². The normalized spacial score (nSPS) is 17.4. The van der Waals surface area contributed by atoms with Crippen LogP contribution in [0.2, 0.25) is 0 Å². The molecule has 0 radical (unpaired) electrons. The van der Waals surface area contributed by atoms with Crippen LogP contribution in [0.3, 0.4) is 0 Å². The van der Waals surface area contributed by atoms with Gasteiger partial charge in [0, 0.05) is 49.9 Å². The summed E-state index contributed by atoms with van der Waals surface area (Å²) in [7, 11) is 1.91. The molecular formula is C23H29N5O. The van der Waals surface area contributed by atoms with Gasteiger partial charge in [0.2, 0.25) is 0 Å². The van der Waals surface area contributed by atoms with Crippen LogP contribution in [-0.2, 0) is 18.3 Å². The number of nitrogens with zero attached hydrogens (tertiary/aromatic N) is 5. The maximum Gasteiger partial charge on any atom is 0.140 e. The van der Waals surface area contributed by atoms with Crippen LogP contribution < -0.4 is 0 Å². The first-order valence-corrected chi connectivity index (χ1v) is 10.4. The van der Waals surface area contributed by atoms with Crippen LogP contribution >= 0.6 is 0 Å². The first-order valence-electron chi connectivity index (χ1n) is 10.4. The second-order valence-corrected chi connectivity index (χ2v) is 8.69. The molecule has 2 aromatic heterocycles. The molecule has 6 heteroatoms. The highest BCUT2D eigenvalue weighted by Crippen LogP contribution is 2.24. The maximum atomic E-state index is 12.6. The number of hydrogen-bond donors (Lipinski definition) is 0. The van der Waals surface area contributed by atoms with Crippen LogP contribution in [0.15, 0.2) is 36.8 Å². The van der Waals surface area contributed by atoms with Crippen molar-refractivity contribution in [2.45, 2.75) is 33.1 Å². The molecule has 1 aliphatic rings. The number of carbonyl (C=O) groups excluding carboxylic acids is 1. The molecule has 0 amide bonds. The molecule has 4 rings (SSSR count). The number of aryl methyl sites for hydroxylation is 1. The number of fused-ring (bicyclic) bond motifs is 1. The lowest BCUT2D eigenvalue weighted by atomic mass is 10.00. The van der Waals surface area contributed by atoms with Crippen molar-refractivity contribution < 1.29 is 4.79 Å². The quantitative estimate of drug-likeness (QED) is 0.617. The number of likely N-dealkylation sites (tertiary alicyclic amines) is 1. The lowest BCUT2D eigenvalue weighted by molar-refractivity contribution is -0.119. The van der Waals surface area contributed by atoms with Crippen molar-refractivity contribution in [1.29, 1.82) is 0 Å². The fourth-order valence-electron chi connectivity index (χ4n) is 4.23. The van der Waals surface area contributed by atoms with E-state index in [-0.39, 0.29) is 5.78 Å². The molecule has 3 aromatic rings. The molecule has 1 aromatic carbocycles. The summed E-state index contributed by atoms with van der Waals surface area (Å²) in [5.74, 6) is 2.00. The first kappa shape index (κ1) is 19.7. The fraction of sp³-hybridized carbons (Fsp3) is 0.478. The van der Waals surface area contributed by atoms with Crippen LogP contribution in [0.4, 0.5) is 0 Å². The summed E-state index contributed by atoms with van der Waals surface area (Å²) in [5.41, 5.74) is 2.99. The van der Waals surface area contributed by atoms with E-state index < -0.39 is 0 Å². The number of ketones is 1. The van der Waals surface area contributed by atoms with Gasteiger partial charge in [0.15, 0.2) is 0 Å². The van der Waals surface area contributed by atoms with Gasteiger partial charge in [-0.3, -0.25) is 9.48 Å². The summed E-state index contributed by atoms with van der Waals surface area (Å²) < 4.78 is 1.79. The van der Waals surface area contributed by atoms with Crippen molar-refractivity contribution >= 4 is 16.7 Å². The molecule has 1 unspecified atom stereocenters. The Morgan fingerprint density at radius 1 is 1.24 bits per heavy atom. The molecule has 1 saturated heterocycles. The van der Waals surface area contributed by atoms with Crippen LogP contribution in [0.5, 0.6) is 0 Å². The minimum atomic E-state index is 0.240. The van der Waals surface area contributed by atoms with Gasteiger partial charge in [-0.05, 0) is 36.4 Å². The largest absolute Gasteiger partial charge is 0.303 e. The Morgan fingerprint density at radius 2 is 2.10 bits per heavy atom. The fourth-order valence-corrected chi connectivity index (χ4v) is 4.23. The molecule has 0 saturated carbocycles. The van der Waals surface area contributed by atoms with E-state index in [1.54, 1.807) is 4.68 Å². The molecule has 152 valence electrons. The second-order valence-electron chi connectivity index (χ2n) is 8.69. The number of hydrogen-bond acceptors (Lipinski definition) is 5. The van der Waals surface area contributed by atoms with Crippen molar-refractivity contribution in [2.24, 2.45) is 18.9 Å². The van der Waals surface area contributed by atoms with Gasteiger partial charge in [-0.1, -0.05) is 26.0 Å². The number of rotatable bonds is 7. The van der Waals surface area contributed by atoms with Gasteiger partial charge in [-0.25, -0.2) is 9.97 Å². The minimum Gasteiger partial charge on any atom is -0.303 e. The van der Waals surface area contributed by atoms with Gasteiger partial charge in [0.05, 0.1) is 18.1 Å². The predicted molar refractivity (Wildman–Crippen MR) is 114 cm³/mol. The molecule has 3 heterocycles. The maximum absolute atomic E-state index is 12.6. The summed E-state index contributed by atoms with van der Waals surface area (Å²) in [4.78, 5) is 24.2. The zero-order valence-electron chi connectivity index (χ0n) is 17.5. The molecule has 0 spiro atoms. The van der Waals surface area contributed by atoms with Gasteiger partial charge < -0.3 is 4.90 Å². The van der Waals surface area contributed by atoms with Crippen molar-refractivity contribution in [3.05, 3.63) is 42.6 Å². The number of benzene rings is 1. The smallest absolute Gasteiger partial charge is 0.140 e. The Kier molecular flexibility index (Phi) is 5.72. The summed E-state index contributed by atoms with van der Waals surface area (Å²) in [6.07, 6.45) is 7.71. The second kappa shape index (κ2) is 8.41. The molecule has 1 fully saturated rings. The predicted octanol–water partition coefficient (Wildman–Crippen LogP) is 3.51. The SMILES string of the molecule is CC(C)CN1CCC(CC(=O)Cc2ncc3ccc(-c4cnn(C)c4)cc3n2)C1. The standard InChI is InChI=1S/C23H29N5O/c1-16(2)13-28-7-6-17(14-28)8-21(29)10-23-24-11-19-5-4-18(9-22(19)26-23)20-12-25-27(3)15-20/h4-5,9,11-12,15-17H,6-8,10,13-14H2,1-3H3. The number of aromatic nitrogens is 4. The molecule has 1 atom stereocenters. The highest BCUT2D eigenvalue weighted by molar-refractivity contribution is 5.84. The Morgan fingerprint density at radius 3 is 2.86 bits per heavy atom. The van der Waals surface area contributed by atoms with E-state index in [0.29, 0.717) is 30.5 Å². The first-order chi connectivity index (χ1) is 14.0. The molecule has 29 heavy (non-hydrogen) atoms. The average molecular weight is 392 g/mol. The van der Waals surface area contributed by atoms with Crippen LogP contribution in [0.1, 0.15) is 32.5 Å². The van der Waals surface area contributed by atoms with Crippen molar-refractivity contribution in [3.8, 4) is 11.1 Å². The monoisotopic (exact) mass is 391 g/mol. The van der Waals surface area contributed by atoms with E-state index in [0.717, 1.165) is 48.1 Å². The van der Waals surface area contributed by atoms with Crippen molar-refractivity contribution in [1.82, 2.24) is 24.6 Å².